The van der Waals surface area contributed by atoms with Gasteiger partial charge in [0.05, 0.1) is 13.5 Å². The molecular weight excluding hydrogens is 326 g/mol. The zero-order valence-electron chi connectivity index (χ0n) is 12.0. The fourth-order valence-electron chi connectivity index (χ4n) is 1.75. The van der Waals surface area contributed by atoms with E-state index >= 15 is 0 Å². The number of ether oxygens (including phenoxy) is 2. The van der Waals surface area contributed by atoms with Crippen molar-refractivity contribution >= 4 is 40.0 Å². The SMILES string of the molecule is COC(=O)Oc1c(NC(=O)Cc2ccccc2)sc(Cl)c1C. The van der Waals surface area contributed by atoms with Crippen LogP contribution in [0.3, 0.4) is 0 Å². The van der Waals surface area contributed by atoms with Crippen molar-refractivity contribution in [3.8, 4) is 5.75 Å². The lowest BCUT2D eigenvalue weighted by Gasteiger charge is -2.07. The van der Waals surface area contributed by atoms with Gasteiger partial charge in [0.1, 0.15) is 9.34 Å². The number of carbonyl (C=O) groups is 2. The van der Waals surface area contributed by atoms with Crippen LogP contribution in [-0.2, 0) is 16.0 Å². The van der Waals surface area contributed by atoms with Gasteiger partial charge in [0.25, 0.3) is 0 Å². The monoisotopic (exact) mass is 339 g/mol. The Morgan fingerprint density at radius 3 is 2.59 bits per heavy atom. The summed E-state index contributed by atoms with van der Waals surface area (Å²) in [5, 5.41) is 3.10. The highest BCUT2D eigenvalue weighted by Gasteiger charge is 2.20. The average molecular weight is 340 g/mol. The molecule has 22 heavy (non-hydrogen) atoms. The largest absolute Gasteiger partial charge is 0.513 e. The number of thiophene rings is 1. The molecule has 0 radical (unpaired) electrons. The number of rotatable bonds is 4. The number of benzene rings is 1. The highest BCUT2D eigenvalue weighted by Crippen LogP contribution is 2.42. The number of anilines is 1. The first-order valence-corrected chi connectivity index (χ1v) is 7.59. The Hall–Kier alpha value is -2.05. The van der Waals surface area contributed by atoms with E-state index in [1.165, 1.54) is 7.11 Å². The van der Waals surface area contributed by atoms with Gasteiger partial charge in [-0.25, -0.2) is 4.79 Å². The van der Waals surface area contributed by atoms with Crippen LogP contribution in [-0.4, -0.2) is 19.2 Å². The molecule has 0 spiro atoms. The molecule has 1 amide bonds. The van der Waals surface area contributed by atoms with Crippen LogP contribution in [0.5, 0.6) is 5.75 Å². The second kappa shape index (κ2) is 7.29. The van der Waals surface area contributed by atoms with Gasteiger partial charge in [-0.1, -0.05) is 41.9 Å². The van der Waals surface area contributed by atoms with Crippen molar-refractivity contribution in [2.45, 2.75) is 13.3 Å². The molecule has 0 aliphatic rings. The van der Waals surface area contributed by atoms with Crippen molar-refractivity contribution in [2.24, 2.45) is 0 Å². The van der Waals surface area contributed by atoms with Gasteiger partial charge < -0.3 is 14.8 Å². The minimum atomic E-state index is -0.865. The molecule has 5 nitrogen and oxygen atoms in total. The Kier molecular flexibility index (Phi) is 5.41. The van der Waals surface area contributed by atoms with E-state index in [1.54, 1.807) is 6.92 Å². The van der Waals surface area contributed by atoms with Crippen LogP contribution in [0.2, 0.25) is 4.34 Å². The minimum absolute atomic E-state index is 0.211. The molecule has 2 rings (SSSR count). The maximum Gasteiger partial charge on any atom is 0.513 e. The fraction of sp³-hybridized carbons (Fsp3) is 0.200. The summed E-state index contributed by atoms with van der Waals surface area (Å²) in [5.74, 6) is -0.0119. The number of amides is 1. The molecule has 0 atom stereocenters. The number of nitrogens with one attached hydrogen (secondary N) is 1. The molecule has 1 heterocycles. The zero-order chi connectivity index (χ0) is 16.1. The number of carbonyl (C=O) groups excluding carboxylic acids is 2. The first kappa shape index (κ1) is 16.3. The van der Waals surface area contributed by atoms with Crippen LogP contribution in [0.25, 0.3) is 0 Å². The molecule has 1 N–H and O–H groups in total. The number of halogens is 1. The molecule has 0 fully saturated rings. The fourth-order valence-corrected chi connectivity index (χ4v) is 2.95. The van der Waals surface area contributed by atoms with Gasteiger partial charge in [-0.05, 0) is 12.5 Å². The molecule has 0 bridgehead atoms. The Labute approximate surface area is 136 Å². The molecule has 0 unspecified atom stereocenters. The molecular formula is C15H14ClNO4S. The average Bonchev–Trinajstić information content (AvgIpc) is 2.75. The van der Waals surface area contributed by atoms with Crippen LogP contribution in [0.1, 0.15) is 11.1 Å². The smallest absolute Gasteiger partial charge is 0.437 e. The zero-order valence-corrected chi connectivity index (χ0v) is 13.6. The van der Waals surface area contributed by atoms with Crippen LogP contribution >= 0.6 is 22.9 Å². The van der Waals surface area contributed by atoms with E-state index in [9.17, 15) is 9.59 Å². The molecule has 0 aliphatic carbocycles. The van der Waals surface area contributed by atoms with Crippen LogP contribution in [0.4, 0.5) is 9.80 Å². The van der Waals surface area contributed by atoms with E-state index < -0.39 is 6.16 Å². The summed E-state index contributed by atoms with van der Waals surface area (Å²) in [6.07, 6.45) is -0.649. The lowest BCUT2D eigenvalue weighted by Crippen LogP contribution is -2.15. The topological polar surface area (TPSA) is 64.6 Å². The third kappa shape index (κ3) is 3.99. The predicted molar refractivity (Wildman–Crippen MR) is 85.9 cm³/mol. The van der Waals surface area contributed by atoms with E-state index in [4.69, 9.17) is 16.3 Å². The first-order valence-electron chi connectivity index (χ1n) is 6.39. The molecule has 116 valence electrons. The van der Waals surface area contributed by atoms with E-state index in [2.05, 4.69) is 10.1 Å². The summed E-state index contributed by atoms with van der Waals surface area (Å²) >= 11 is 7.17. The molecule has 0 aliphatic heterocycles. The maximum absolute atomic E-state index is 12.1. The summed E-state index contributed by atoms with van der Waals surface area (Å²) in [5.41, 5.74) is 1.46. The van der Waals surface area contributed by atoms with Gasteiger partial charge >= 0.3 is 6.16 Å². The van der Waals surface area contributed by atoms with Crippen LogP contribution < -0.4 is 10.1 Å². The Balaban J connectivity index is 2.13. The normalized spacial score (nSPS) is 10.1. The van der Waals surface area contributed by atoms with Gasteiger partial charge in [-0.2, -0.15) is 0 Å². The molecule has 2 aromatic rings. The van der Waals surface area contributed by atoms with Gasteiger partial charge in [-0.3, -0.25) is 4.79 Å². The van der Waals surface area contributed by atoms with E-state index in [-0.39, 0.29) is 18.1 Å². The second-order valence-electron chi connectivity index (χ2n) is 4.43. The molecule has 0 saturated carbocycles. The standard InChI is InChI=1S/C15H14ClNO4S/c1-9-12(21-15(19)20-2)14(22-13(9)16)17-11(18)8-10-6-4-3-5-7-10/h3-7H,8H2,1-2H3,(H,17,18). The van der Waals surface area contributed by atoms with E-state index in [0.29, 0.717) is 14.9 Å². The number of methoxy groups -OCH3 is 1. The van der Waals surface area contributed by atoms with Crippen molar-refractivity contribution in [2.75, 3.05) is 12.4 Å². The maximum atomic E-state index is 12.1. The Morgan fingerprint density at radius 1 is 1.27 bits per heavy atom. The number of hydrogen-bond donors (Lipinski definition) is 1. The summed E-state index contributed by atoms with van der Waals surface area (Å²) in [6, 6.07) is 9.32. The lowest BCUT2D eigenvalue weighted by atomic mass is 10.1. The Bertz CT molecular complexity index is 684. The van der Waals surface area contributed by atoms with Crippen molar-refractivity contribution in [1.82, 2.24) is 0 Å². The summed E-state index contributed by atoms with van der Waals surface area (Å²) in [4.78, 5) is 23.4. The minimum Gasteiger partial charge on any atom is -0.437 e. The van der Waals surface area contributed by atoms with Crippen molar-refractivity contribution in [3.05, 3.63) is 45.8 Å². The summed E-state index contributed by atoms with van der Waals surface area (Å²) < 4.78 is 9.95. The highest BCUT2D eigenvalue weighted by atomic mass is 35.5. The third-order valence-corrected chi connectivity index (χ3v) is 4.34. The second-order valence-corrected chi connectivity index (χ2v) is 6.05. The van der Waals surface area contributed by atoms with Gasteiger partial charge in [0.2, 0.25) is 5.91 Å². The summed E-state index contributed by atoms with van der Waals surface area (Å²) in [7, 11) is 1.21. The number of hydrogen-bond acceptors (Lipinski definition) is 5. The van der Waals surface area contributed by atoms with E-state index in [0.717, 1.165) is 16.9 Å². The van der Waals surface area contributed by atoms with Crippen LogP contribution in [0, 0.1) is 6.92 Å². The van der Waals surface area contributed by atoms with Crippen molar-refractivity contribution in [3.63, 3.8) is 0 Å². The third-order valence-electron chi connectivity index (χ3n) is 2.85. The van der Waals surface area contributed by atoms with E-state index in [1.807, 2.05) is 30.3 Å². The molecule has 7 heteroatoms. The lowest BCUT2D eigenvalue weighted by molar-refractivity contribution is -0.115. The first-order chi connectivity index (χ1) is 10.5. The van der Waals surface area contributed by atoms with Gasteiger partial charge in [-0.15, -0.1) is 11.3 Å². The Morgan fingerprint density at radius 2 is 1.95 bits per heavy atom. The predicted octanol–water partition coefficient (Wildman–Crippen LogP) is 4.04. The highest BCUT2D eigenvalue weighted by molar-refractivity contribution is 7.20. The summed E-state index contributed by atoms with van der Waals surface area (Å²) in [6.45, 7) is 1.70. The molecule has 1 aromatic carbocycles. The van der Waals surface area contributed by atoms with Gasteiger partial charge in [0.15, 0.2) is 5.75 Å². The molecule has 0 saturated heterocycles. The van der Waals surface area contributed by atoms with Crippen molar-refractivity contribution < 1.29 is 19.1 Å². The van der Waals surface area contributed by atoms with Gasteiger partial charge in [0, 0.05) is 5.56 Å². The van der Waals surface area contributed by atoms with Crippen molar-refractivity contribution in [1.29, 1.82) is 0 Å². The quantitative estimate of drug-likeness (QED) is 0.854. The van der Waals surface area contributed by atoms with Crippen LogP contribution in [0.15, 0.2) is 30.3 Å². The molecule has 1 aromatic heterocycles.